The number of pyridine rings is 2. The Morgan fingerprint density at radius 2 is 1.89 bits per heavy atom. The van der Waals surface area contributed by atoms with Gasteiger partial charge in [-0.3, -0.25) is 0 Å². The molecule has 0 bridgehead atoms. The smallest absolute Gasteiger partial charge is 0.169 e. The van der Waals surface area contributed by atoms with Crippen molar-refractivity contribution in [3.8, 4) is 0 Å². The third-order valence-corrected chi connectivity index (χ3v) is 2.42. The average molecular weight is 353 g/mol. The van der Waals surface area contributed by atoms with E-state index >= 15 is 0 Å². The molecule has 0 fully saturated rings. The summed E-state index contributed by atoms with van der Waals surface area (Å²) in [6, 6.07) is 8.11. The summed E-state index contributed by atoms with van der Waals surface area (Å²) in [6.07, 6.45) is 9.79. The van der Waals surface area contributed by atoms with Gasteiger partial charge in [0.05, 0.1) is 0 Å². The predicted molar refractivity (Wildman–Crippen MR) is 69.2 cm³/mol. The molecule has 0 aromatic carbocycles. The minimum absolute atomic E-state index is 0. The fraction of sp³-hybridized carbons (Fsp3) is 0.143. The highest BCUT2D eigenvalue weighted by Crippen LogP contribution is 2.04. The fourth-order valence-electron chi connectivity index (χ4n) is 1.40. The Morgan fingerprint density at radius 1 is 1.17 bits per heavy atom. The van der Waals surface area contributed by atoms with Gasteiger partial charge in [0.25, 0.3) is 0 Å². The zero-order chi connectivity index (χ0) is 12.1. The van der Waals surface area contributed by atoms with E-state index in [2.05, 4.69) is 22.4 Å². The maximum absolute atomic E-state index is 4.26. The summed E-state index contributed by atoms with van der Waals surface area (Å²) in [7, 11) is 2.00. The molecular weight excluding hydrogens is 337 g/mol. The molecule has 0 unspecified atom stereocenters. The van der Waals surface area contributed by atoms with Crippen LogP contribution in [0.5, 0.6) is 0 Å². The third-order valence-electron chi connectivity index (χ3n) is 2.42. The topological polar surface area (TPSA) is 28.8 Å². The summed E-state index contributed by atoms with van der Waals surface area (Å²) in [6.45, 7) is 2.02. The second-order valence-electron chi connectivity index (χ2n) is 4.00. The SMILES string of the molecule is Cc1ccc(N/C=C\c2cc[n+](C)cc2)nc1.[I-]. The monoisotopic (exact) mass is 353 g/mol. The summed E-state index contributed by atoms with van der Waals surface area (Å²) in [5, 5.41) is 3.14. The minimum Gasteiger partial charge on any atom is -1.00 e. The van der Waals surface area contributed by atoms with Gasteiger partial charge in [0, 0.05) is 24.5 Å². The lowest BCUT2D eigenvalue weighted by atomic mass is 10.2. The van der Waals surface area contributed by atoms with Crippen LogP contribution in [0.25, 0.3) is 6.08 Å². The van der Waals surface area contributed by atoms with Crippen LogP contribution in [0, 0.1) is 6.92 Å². The molecule has 0 radical (unpaired) electrons. The highest BCUT2D eigenvalue weighted by atomic mass is 127. The number of nitrogens with zero attached hydrogens (tertiary/aromatic N) is 2. The van der Waals surface area contributed by atoms with Crippen molar-refractivity contribution >= 4 is 11.9 Å². The Labute approximate surface area is 125 Å². The van der Waals surface area contributed by atoms with Crippen molar-refractivity contribution < 1.29 is 28.5 Å². The summed E-state index contributed by atoms with van der Waals surface area (Å²) in [5.41, 5.74) is 2.32. The molecule has 2 aromatic heterocycles. The zero-order valence-corrected chi connectivity index (χ0v) is 12.6. The largest absolute Gasteiger partial charge is 1.00 e. The Balaban J connectivity index is 0.00000162. The fourth-order valence-corrected chi connectivity index (χ4v) is 1.40. The Morgan fingerprint density at radius 3 is 2.50 bits per heavy atom. The van der Waals surface area contributed by atoms with E-state index in [-0.39, 0.29) is 24.0 Å². The number of rotatable bonds is 3. The maximum Gasteiger partial charge on any atom is 0.169 e. The standard InChI is InChI=1S/C14H15N3.HI/c1-12-3-4-14(16-11-12)15-8-5-13-6-9-17(2)10-7-13;/h3-11H,1-2H3;1H. The van der Waals surface area contributed by atoms with Crippen molar-refractivity contribution in [1.82, 2.24) is 4.98 Å². The first-order chi connectivity index (χ1) is 8.24. The Hall–Kier alpha value is -1.43. The van der Waals surface area contributed by atoms with Crippen LogP contribution in [-0.4, -0.2) is 4.98 Å². The van der Waals surface area contributed by atoms with E-state index in [9.17, 15) is 0 Å². The van der Waals surface area contributed by atoms with Crippen LogP contribution >= 0.6 is 0 Å². The number of hydrogen-bond donors (Lipinski definition) is 1. The second kappa shape index (κ2) is 7.10. The molecule has 94 valence electrons. The molecule has 18 heavy (non-hydrogen) atoms. The molecule has 0 spiro atoms. The Kier molecular flexibility index (Phi) is 5.77. The molecular formula is C14H16IN3. The van der Waals surface area contributed by atoms with Crippen molar-refractivity contribution in [2.45, 2.75) is 6.92 Å². The van der Waals surface area contributed by atoms with Gasteiger partial charge in [-0.2, -0.15) is 0 Å². The van der Waals surface area contributed by atoms with E-state index in [1.807, 2.05) is 61.5 Å². The lowest BCUT2D eigenvalue weighted by Gasteiger charge is -1.99. The normalized spacial score (nSPS) is 10.1. The van der Waals surface area contributed by atoms with Gasteiger partial charge in [0.1, 0.15) is 12.9 Å². The van der Waals surface area contributed by atoms with Gasteiger partial charge in [0.15, 0.2) is 12.4 Å². The van der Waals surface area contributed by atoms with Crippen LogP contribution in [0.1, 0.15) is 11.1 Å². The molecule has 0 aliphatic carbocycles. The quantitative estimate of drug-likeness (QED) is 0.584. The highest BCUT2D eigenvalue weighted by Gasteiger charge is 1.92. The van der Waals surface area contributed by atoms with Crippen LogP contribution in [0.4, 0.5) is 5.82 Å². The lowest BCUT2D eigenvalue weighted by molar-refractivity contribution is -0.671. The highest BCUT2D eigenvalue weighted by molar-refractivity contribution is 5.52. The number of nitrogens with one attached hydrogen (secondary N) is 1. The third kappa shape index (κ3) is 4.44. The number of aryl methyl sites for hydroxylation is 2. The molecule has 0 amide bonds. The van der Waals surface area contributed by atoms with Gasteiger partial charge in [-0.1, -0.05) is 6.07 Å². The molecule has 4 heteroatoms. The molecule has 2 heterocycles. The predicted octanol–water partition coefficient (Wildman–Crippen LogP) is -0.699. The summed E-state index contributed by atoms with van der Waals surface area (Å²) in [4.78, 5) is 4.26. The van der Waals surface area contributed by atoms with Gasteiger partial charge in [-0.05, 0) is 30.2 Å². The molecule has 0 aliphatic heterocycles. The number of anilines is 1. The van der Waals surface area contributed by atoms with Crippen LogP contribution in [0.15, 0.2) is 49.1 Å². The molecule has 2 aromatic rings. The second-order valence-corrected chi connectivity index (χ2v) is 4.00. The molecule has 0 saturated carbocycles. The van der Waals surface area contributed by atoms with E-state index in [4.69, 9.17) is 0 Å². The van der Waals surface area contributed by atoms with Crippen LogP contribution in [0.3, 0.4) is 0 Å². The summed E-state index contributed by atoms with van der Waals surface area (Å²) >= 11 is 0. The molecule has 3 nitrogen and oxygen atoms in total. The van der Waals surface area contributed by atoms with E-state index in [0.717, 1.165) is 16.9 Å². The average Bonchev–Trinajstić information content (AvgIpc) is 2.34. The minimum atomic E-state index is 0. The van der Waals surface area contributed by atoms with Crippen molar-refractivity contribution in [3.63, 3.8) is 0 Å². The molecule has 2 rings (SSSR count). The number of halogens is 1. The Bertz CT molecular complexity index is 504. The van der Waals surface area contributed by atoms with Gasteiger partial charge >= 0.3 is 0 Å². The first-order valence-electron chi connectivity index (χ1n) is 5.55. The summed E-state index contributed by atoms with van der Waals surface area (Å²) < 4.78 is 2.01. The van der Waals surface area contributed by atoms with Crippen molar-refractivity contribution in [2.75, 3.05) is 5.32 Å². The van der Waals surface area contributed by atoms with E-state index < -0.39 is 0 Å². The van der Waals surface area contributed by atoms with Crippen molar-refractivity contribution in [2.24, 2.45) is 7.05 Å². The molecule has 1 N–H and O–H groups in total. The van der Waals surface area contributed by atoms with Crippen LogP contribution in [0.2, 0.25) is 0 Å². The molecule has 0 saturated heterocycles. The zero-order valence-electron chi connectivity index (χ0n) is 10.5. The van der Waals surface area contributed by atoms with Gasteiger partial charge < -0.3 is 29.3 Å². The van der Waals surface area contributed by atoms with Crippen molar-refractivity contribution in [3.05, 3.63) is 60.2 Å². The molecule has 0 aliphatic rings. The first-order valence-corrected chi connectivity index (χ1v) is 5.55. The number of aromatic nitrogens is 2. The van der Waals surface area contributed by atoms with Crippen molar-refractivity contribution in [1.29, 1.82) is 0 Å². The van der Waals surface area contributed by atoms with E-state index in [1.54, 1.807) is 0 Å². The number of hydrogen-bond acceptors (Lipinski definition) is 2. The summed E-state index contributed by atoms with van der Waals surface area (Å²) in [5.74, 6) is 0.855. The van der Waals surface area contributed by atoms with E-state index in [0.29, 0.717) is 0 Å². The van der Waals surface area contributed by atoms with E-state index in [1.165, 1.54) is 0 Å². The van der Waals surface area contributed by atoms with Crippen LogP contribution < -0.4 is 33.9 Å². The molecule has 0 atom stereocenters. The lowest BCUT2D eigenvalue weighted by Crippen LogP contribution is -3.00. The van der Waals surface area contributed by atoms with Gasteiger partial charge in [-0.25, -0.2) is 9.55 Å². The first kappa shape index (κ1) is 14.6. The van der Waals surface area contributed by atoms with Crippen LogP contribution in [-0.2, 0) is 7.05 Å². The maximum atomic E-state index is 4.26. The van der Waals surface area contributed by atoms with Gasteiger partial charge in [0.2, 0.25) is 0 Å². The van der Waals surface area contributed by atoms with Gasteiger partial charge in [-0.15, -0.1) is 0 Å².